The zero-order chi connectivity index (χ0) is 20.4. The summed E-state index contributed by atoms with van der Waals surface area (Å²) >= 11 is 0. The zero-order valence-corrected chi connectivity index (χ0v) is 17.8. The van der Waals surface area contributed by atoms with Gasteiger partial charge in [-0.1, -0.05) is 29.8 Å². The summed E-state index contributed by atoms with van der Waals surface area (Å²) < 4.78 is 0. The highest BCUT2D eigenvalue weighted by atomic mass is 16.2. The highest BCUT2D eigenvalue weighted by Gasteiger charge is 2.53. The van der Waals surface area contributed by atoms with E-state index in [9.17, 15) is 9.59 Å². The summed E-state index contributed by atoms with van der Waals surface area (Å²) in [5, 5.41) is 3.22. The number of carbonyl (C=O) groups is 2. The Morgan fingerprint density at radius 1 is 1.24 bits per heavy atom. The molecular formula is C23H34N4O2. The highest BCUT2D eigenvalue weighted by Crippen LogP contribution is 2.43. The zero-order valence-electron chi connectivity index (χ0n) is 17.8. The van der Waals surface area contributed by atoms with Crippen LogP contribution in [0.15, 0.2) is 24.3 Å². The molecule has 1 aromatic rings. The SMILES string of the molecule is Cc1cccc([C@@]2(C(=O)NCCCN3CCN(C)CC3)C[C@@H]3CCC(=O)N3C2)c1. The number of amides is 2. The number of piperazine rings is 1. The van der Waals surface area contributed by atoms with Gasteiger partial charge in [-0.3, -0.25) is 9.59 Å². The molecule has 0 aliphatic carbocycles. The third kappa shape index (κ3) is 4.19. The van der Waals surface area contributed by atoms with E-state index < -0.39 is 5.41 Å². The van der Waals surface area contributed by atoms with Crippen LogP contribution in [0, 0.1) is 6.92 Å². The Labute approximate surface area is 174 Å². The van der Waals surface area contributed by atoms with Gasteiger partial charge in [0, 0.05) is 51.7 Å². The van der Waals surface area contributed by atoms with Gasteiger partial charge in [-0.2, -0.15) is 0 Å². The first-order chi connectivity index (χ1) is 14.0. The molecule has 6 nitrogen and oxygen atoms in total. The minimum absolute atomic E-state index is 0.0867. The number of carbonyl (C=O) groups excluding carboxylic acids is 2. The fourth-order valence-corrected chi connectivity index (χ4v) is 5.17. The van der Waals surface area contributed by atoms with Crippen molar-refractivity contribution >= 4 is 11.8 Å². The number of hydrogen-bond acceptors (Lipinski definition) is 4. The molecule has 0 aromatic heterocycles. The monoisotopic (exact) mass is 398 g/mol. The van der Waals surface area contributed by atoms with Crippen molar-refractivity contribution in [1.82, 2.24) is 20.0 Å². The van der Waals surface area contributed by atoms with Crippen LogP contribution in [0.4, 0.5) is 0 Å². The third-order valence-corrected chi connectivity index (χ3v) is 7.01. The van der Waals surface area contributed by atoms with Crippen molar-refractivity contribution in [2.24, 2.45) is 0 Å². The molecule has 4 rings (SSSR count). The van der Waals surface area contributed by atoms with Gasteiger partial charge >= 0.3 is 0 Å². The Morgan fingerprint density at radius 2 is 2.03 bits per heavy atom. The second-order valence-corrected chi connectivity index (χ2v) is 9.12. The molecule has 3 aliphatic heterocycles. The minimum atomic E-state index is -0.611. The number of rotatable bonds is 6. The maximum atomic E-state index is 13.4. The van der Waals surface area contributed by atoms with Crippen molar-refractivity contribution in [3.63, 3.8) is 0 Å². The number of aryl methyl sites for hydroxylation is 1. The van der Waals surface area contributed by atoms with Gasteiger partial charge in [0.25, 0.3) is 0 Å². The van der Waals surface area contributed by atoms with Crippen LogP contribution in [0.3, 0.4) is 0 Å². The second-order valence-electron chi connectivity index (χ2n) is 9.12. The van der Waals surface area contributed by atoms with Crippen LogP contribution in [0.5, 0.6) is 0 Å². The molecule has 1 aromatic carbocycles. The molecule has 3 heterocycles. The molecule has 3 aliphatic rings. The smallest absolute Gasteiger partial charge is 0.232 e. The summed E-state index contributed by atoms with van der Waals surface area (Å²) in [6.07, 6.45) is 3.21. The van der Waals surface area contributed by atoms with E-state index in [0.29, 0.717) is 19.5 Å². The molecule has 6 heteroatoms. The van der Waals surface area contributed by atoms with Crippen LogP contribution in [0.25, 0.3) is 0 Å². The fraction of sp³-hybridized carbons (Fsp3) is 0.652. The lowest BCUT2D eigenvalue weighted by Gasteiger charge is -2.32. The second kappa shape index (κ2) is 8.44. The summed E-state index contributed by atoms with van der Waals surface area (Å²) in [7, 11) is 2.17. The largest absolute Gasteiger partial charge is 0.355 e. The molecule has 1 N–H and O–H groups in total. The van der Waals surface area contributed by atoms with Crippen LogP contribution in [0.2, 0.25) is 0 Å². The number of nitrogens with one attached hydrogen (secondary N) is 1. The van der Waals surface area contributed by atoms with Gasteiger partial charge in [0.1, 0.15) is 0 Å². The van der Waals surface area contributed by atoms with Gasteiger partial charge in [-0.05, 0) is 45.3 Å². The van der Waals surface area contributed by atoms with Crippen molar-refractivity contribution < 1.29 is 9.59 Å². The summed E-state index contributed by atoms with van der Waals surface area (Å²) in [5.74, 6) is 0.288. The van der Waals surface area contributed by atoms with Crippen molar-refractivity contribution in [2.75, 3.05) is 52.9 Å². The molecule has 0 saturated carbocycles. The van der Waals surface area contributed by atoms with Crippen LogP contribution in [-0.2, 0) is 15.0 Å². The Kier molecular flexibility index (Phi) is 5.93. The fourth-order valence-electron chi connectivity index (χ4n) is 5.17. The number of nitrogens with zero attached hydrogens (tertiary/aromatic N) is 3. The molecular weight excluding hydrogens is 364 g/mol. The van der Waals surface area contributed by atoms with Crippen LogP contribution < -0.4 is 5.32 Å². The van der Waals surface area contributed by atoms with E-state index in [0.717, 1.165) is 63.1 Å². The Bertz CT molecular complexity index is 759. The molecule has 2 atom stereocenters. The molecule has 158 valence electrons. The molecule has 3 saturated heterocycles. The summed E-state index contributed by atoms with van der Waals surface area (Å²) in [4.78, 5) is 32.5. The number of hydrogen-bond donors (Lipinski definition) is 1. The molecule has 0 bridgehead atoms. The first-order valence-corrected chi connectivity index (χ1v) is 11.0. The molecule has 0 radical (unpaired) electrons. The van der Waals surface area contributed by atoms with Gasteiger partial charge < -0.3 is 20.0 Å². The van der Waals surface area contributed by atoms with E-state index in [4.69, 9.17) is 0 Å². The molecule has 0 unspecified atom stereocenters. The highest BCUT2D eigenvalue weighted by molar-refractivity contribution is 5.91. The van der Waals surface area contributed by atoms with Crippen molar-refractivity contribution in [2.45, 2.75) is 44.1 Å². The van der Waals surface area contributed by atoms with Crippen LogP contribution >= 0.6 is 0 Å². The summed E-state index contributed by atoms with van der Waals surface area (Å²) in [6.45, 7) is 8.75. The van der Waals surface area contributed by atoms with Crippen LogP contribution in [-0.4, -0.2) is 85.4 Å². The number of likely N-dealkylation sites (N-methyl/N-ethyl adjacent to an activating group) is 1. The lowest BCUT2D eigenvalue weighted by Crippen LogP contribution is -2.48. The number of benzene rings is 1. The normalized spacial score (nSPS) is 28.0. The van der Waals surface area contributed by atoms with E-state index in [1.807, 2.05) is 11.0 Å². The summed E-state index contributed by atoms with van der Waals surface area (Å²) in [5.41, 5.74) is 1.60. The van der Waals surface area contributed by atoms with Gasteiger partial charge in [0.15, 0.2) is 0 Å². The van der Waals surface area contributed by atoms with E-state index in [2.05, 4.69) is 47.3 Å². The van der Waals surface area contributed by atoms with Crippen molar-refractivity contribution in [1.29, 1.82) is 0 Å². The Balaban J connectivity index is 1.40. The van der Waals surface area contributed by atoms with Crippen molar-refractivity contribution in [3.05, 3.63) is 35.4 Å². The first-order valence-electron chi connectivity index (χ1n) is 11.0. The predicted octanol–water partition coefficient (Wildman–Crippen LogP) is 1.38. The van der Waals surface area contributed by atoms with Gasteiger partial charge in [-0.25, -0.2) is 0 Å². The van der Waals surface area contributed by atoms with Gasteiger partial charge in [0.05, 0.1) is 5.41 Å². The van der Waals surface area contributed by atoms with E-state index in [-0.39, 0.29) is 17.9 Å². The average Bonchev–Trinajstić information content (AvgIpc) is 3.26. The van der Waals surface area contributed by atoms with Gasteiger partial charge in [0.2, 0.25) is 11.8 Å². The predicted molar refractivity (Wildman–Crippen MR) is 114 cm³/mol. The molecule has 29 heavy (non-hydrogen) atoms. The van der Waals surface area contributed by atoms with Crippen LogP contribution in [0.1, 0.15) is 36.8 Å². The molecule has 3 fully saturated rings. The lowest BCUT2D eigenvalue weighted by molar-refractivity contribution is -0.129. The summed E-state index contributed by atoms with van der Waals surface area (Å²) in [6, 6.07) is 8.48. The van der Waals surface area contributed by atoms with Crippen molar-refractivity contribution in [3.8, 4) is 0 Å². The molecule has 0 spiro atoms. The third-order valence-electron chi connectivity index (χ3n) is 7.01. The number of fused-ring (bicyclic) bond motifs is 1. The van der Waals surface area contributed by atoms with E-state index >= 15 is 0 Å². The first kappa shape index (κ1) is 20.4. The Hall–Kier alpha value is -1.92. The molecule has 2 amide bonds. The topological polar surface area (TPSA) is 55.9 Å². The maximum Gasteiger partial charge on any atom is 0.232 e. The maximum absolute atomic E-state index is 13.4. The van der Waals surface area contributed by atoms with Gasteiger partial charge in [-0.15, -0.1) is 0 Å². The standard InChI is InChI=1S/C23H34N4O2/c1-18-5-3-6-19(15-18)23(16-20-7-8-21(28)27(20)17-23)22(29)24-9-4-10-26-13-11-25(2)12-14-26/h3,5-6,15,20H,4,7-14,16-17H2,1-2H3,(H,24,29)/t20-,23+/m0/s1. The Morgan fingerprint density at radius 3 is 2.76 bits per heavy atom. The quantitative estimate of drug-likeness (QED) is 0.736. The van der Waals surface area contributed by atoms with E-state index in [1.165, 1.54) is 0 Å². The lowest BCUT2D eigenvalue weighted by atomic mass is 9.76. The average molecular weight is 399 g/mol. The van der Waals surface area contributed by atoms with E-state index in [1.54, 1.807) is 0 Å². The minimum Gasteiger partial charge on any atom is -0.355 e.